The molecule has 6 heteroatoms. The van der Waals surface area contributed by atoms with Crippen molar-refractivity contribution in [2.75, 3.05) is 0 Å². The Balaban J connectivity index is 2.54. The van der Waals surface area contributed by atoms with Crippen molar-refractivity contribution in [3.05, 3.63) is 16.1 Å². The molecule has 1 unspecified atom stereocenters. The molecule has 0 spiro atoms. The molecule has 0 aliphatic carbocycles. The molecule has 0 bridgehead atoms. The predicted octanol–water partition coefficient (Wildman–Crippen LogP) is 2.87. The molecular formula is C9H12F3NOS. The third-order valence-electron chi connectivity index (χ3n) is 1.99. The van der Waals surface area contributed by atoms with Crippen LogP contribution in [0.2, 0.25) is 0 Å². The molecule has 0 aliphatic heterocycles. The highest BCUT2D eigenvalue weighted by atomic mass is 32.1. The van der Waals surface area contributed by atoms with E-state index in [-0.39, 0.29) is 0 Å². The van der Waals surface area contributed by atoms with Crippen molar-refractivity contribution in [1.29, 1.82) is 0 Å². The van der Waals surface area contributed by atoms with Crippen molar-refractivity contribution < 1.29 is 18.3 Å². The van der Waals surface area contributed by atoms with Gasteiger partial charge in [-0.1, -0.05) is 6.92 Å². The minimum atomic E-state index is -4.35. The molecule has 0 saturated carbocycles. The molecule has 2 nitrogen and oxygen atoms in total. The summed E-state index contributed by atoms with van der Waals surface area (Å²) in [5.41, 5.74) is 0. The van der Waals surface area contributed by atoms with Crippen molar-refractivity contribution in [3.63, 3.8) is 0 Å². The van der Waals surface area contributed by atoms with E-state index in [1.165, 1.54) is 6.20 Å². The molecule has 0 aromatic carbocycles. The van der Waals surface area contributed by atoms with Gasteiger partial charge < -0.3 is 5.11 Å². The van der Waals surface area contributed by atoms with Gasteiger partial charge in [0.15, 0.2) is 5.01 Å². The molecule has 0 fully saturated rings. The van der Waals surface area contributed by atoms with Crippen molar-refractivity contribution in [1.82, 2.24) is 4.98 Å². The monoisotopic (exact) mass is 239 g/mol. The smallest absolute Gasteiger partial charge is 0.393 e. The van der Waals surface area contributed by atoms with Crippen LogP contribution in [0.25, 0.3) is 0 Å². The maximum absolute atomic E-state index is 12.2. The molecule has 1 aromatic rings. The summed E-state index contributed by atoms with van der Waals surface area (Å²) in [4.78, 5) is 3.87. The Bertz CT molecular complexity index is 311. The number of nitrogens with zero attached hydrogens (tertiary/aromatic N) is 1. The normalized spacial score (nSPS) is 14.2. The average Bonchev–Trinajstić information content (AvgIpc) is 2.61. The second kappa shape index (κ2) is 4.94. The van der Waals surface area contributed by atoms with Crippen LogP contribution in [-0.2, 0) is 12.6 Å². The SMILES string of the molecule is CCC(O)CCc1cnc(C(F)(F)F)s1. The fourth-order valence-electron chi connectivity index (χ4n) is 1.07. The molecule has 1 rings (SSSR count). The molecule has 15 heavy (non-hydrogen) atoms. The third-order valence-corrected chi connectivity index (χ3v) is 3.09. The lowest BCUT2D eigenvalue weighted by molar-refractivity contribution is -0.137. The van der Waals surface area contributed by atoms with Crippen LogP contribution < -0.4 is 0 Å². The maximum Gasteiger partial charge on any atom is 0.443 e. The van der Waals surface area contributed by atoms with Crippen LogP contribution in [0, 0.1) is 0 Å². The number of halogens is 3. The Labute approximate surface area is 89.8 Å². The number of aromatic nitrogens is 1. The zero-order valence-electron chi connectivity index (χ0n) is 8.21. The molecule has 86 valence electrons. The summed E-state index contributed by atoms with van der Waals surface area (Å²) in [5.74, 6) is 0. The van der Waals surface area contributed by atoms with E-state index in [0.717, 1.165) is 0 Å². The van der Waals surface area contributed by atoms with E-state index in [1.54, 1.807) is 0 Å². The average molecular weight is 239 g/mol. The van der Waals surface area contributed by atoms with Gasteiger partial charge in [-0.25, -0.2) is 4.98 Å². The predicted molar refractivity (Wildman–Crippen MR) is 51.7 cm³/mol. The molecule has 0 saturated heterocycles. The number of aliphatic hydroxyl groups excluding tert-OH is 1. The van der Waals surface area contributed by atoms with Gasteiger partial charge in [0.05, 0.1) is 6.10 Å². The van der Waals surface area contributed by atoms with Gasteiger partial charge in [-0.3, -0.25) is 0 Å². The van der Waals surface area contributed by atoms with Crippen LogP contribution in [0.3, 0.4) is 0 Å². The van der Waals surface area contributed by atoms with E-state index in [0.29, 0.717) is 35.5 Å². The van der Waals surface area contributed by atoms with Crippen LogP contribution in [0.15, 0.2) is 6.20 Å². The Kier molecular flexibility index (Phi) is 4.10. The van der Waals surface area contributed by atoms with Crippen LogP contribution in [-0.4, -0.2) is 16.2 Å². The van der Waals surface area contributed by atoms with Gasteiger partial charge in [0.2, 0.25) is 0 Å². The van der Waals surface area contributed by atoms with Crippen molar-refractivity contribution >= 4 is 11.3 Å². The fraction of sp³-hybridized carbons (Fsp3) is 0.667. The number of alkyl halides is 3. The number of thiazole rings is 1. The summed E-state index contributed by atoms with van der Waals surface area (Å²) in [6, 6.07) is 0. The first-order valence-corrected chi connectivity index (χ1v) is 5.45. The van der Waals surface area contributed by atoms with Gasteiger partial charge in [-0.05, 0) is 19.3 Å². The lowest BCUT2D eigenvalue weighted by atomic mass is 10.1. The number of rotatable bonds is 4. The van der Waals surface area contributed by atoms with E-state index in [2.05, 4.69) is 4.98 Å². The molecule has 1 heterocycles. The summed E-state index contributed by atoms with van der Waals surface area (Å²) in [6.45, 7) is 1.83. The van der Waals surface area contributed by atoms with Gasteiger partial charge in [0, 0.05) is 11.1 Å². The molecule has 1 N–H and O–H groups in total. The third kappa shape index (κ3) is 3.79. The van der Waals surface area contributed by atoms with Gasteiger partial charge in [0.1, 0.15) is 0 Å². The van der Waals surface area contributed by atoms with Crippen LogP contribution in [0.1, 0.15) is 29.7 Å². The number of hydrogen-bond donors (Lipinski definition) is 1. The first kappa shape index (κ1) is 12.4. The molecule has 0 aliphatic rings. The number of aliphatic hydroxyl groups is 1. The molecule has 1 atom stereocenters. The van der Waals surface area contributed by atoms with E-state index in [1.807, 2.05) is 6.92 Å². The van der Waals surface area contributed by atoms with Crippen LogP contribution in [0.5, 0.6) is 0 Å². The van der Waals surface area contributed by atoms with E-state index in [4.69, 9.17) is 0 Å². The van der Waals surface area contributed by atoms with E-state index in [9.17, 15) is 18.3 Å². The second-order valence-corrected chi connectivity index (χ2v) is 4.35. The minimum Gasteiger partial charge on any atom is -0.393 e. The summed E-state index contributed by atoms with van der Waals surface area (Å²) in [6.07, 6.45) is -2.02. The number of aryl methyl sites for hydroxylation is 1. The quantitative estimate of drug-likeness (QED) is 0.876. The Morgan fingerprint density at radius 1 is 1.53 bits per heavy atom. The van der Waals surface area contributed by atoms with Gasteiger partial charge >= 0.3 is 6.18 Å². The summed E-state index contributed by atoms with van der Waals surface area (Å²) in [5, 5.41) is 8.43. The lowest BCUT2D eigenvalue weighted by Crippen LogP contribution is -2.05. The van der Waals surface area contributed by atoms with Crippen LogP contribution in [0.4, 0.5) is 13.2 Å². The lowest BCUT2D eigenvalue weighted by Gasteiger charge is -2.04. The highest BCUT2D eigenvalue weighted by molar-refractivity contribution is 7.11. The minimum absolute atomic E-state index is 0.443. The molecular weight excluding hydrogens is 227 g/mol. The first-order chi connectivity index (χ1) is 6.93. The van der Waals surface area contributed by atoms with E-state index < -0.39 is 17.3 Å². The fourth-order valence-corrected chi connectivity index (χ4v) is 1.86. The van der Waals surface area contributed by atoms with Crippen molar-refractivity contribution in [3.8, 4) is 0 Å². The highest BCUT2D eigenvalue weighted by Gasteiger charge is 2.34. The second-order valence-electron chi connectivity index (χ2n) is 3.23. The zero-order valence-corrected chi connectivity index (χ0v) is 9.03. The van der Waals surface area contributed by atoms with Crippen molar-refractivity contribution in [2.24, 2.45) is 0 Å². The topological polar surface area (TPSA) is 33.1 Å². The van der Waals surface area contributed by atoms with Gasteiger partial charge in [-0.15, -0.1) is 11.3 Å². The van der Waals surface area contributed by atoms with Crippen LogP contribution >= 0.6 is 11.3 Å². The Morgan fingerprint density at radius 3 is 2.67 bits per heavy atom. The Hall–Kier alpha value is -0.620. The Morgan fingerprint density at radius 2 is 2.20 bits per heavy atom. The van der Waals surface area contributed by atoms with Gasteiger partial charge in [0.25, 0.3) is 0 Å². The van der Waals surface area contributed by atoms with E-state index >= 15 is 0 Å². The standard InChI is InChI=1S/C9H12F3NOS/c1-2-6(14)3-4-7-5-13-8(15-7)9(10,11)12/h5-6,14H,2-4H2,1H3. The summed E-state index contributed by atoms with van der Waals surface area (Å²) in [7, 11) is 0. The summed E-state index contributed by atoms with van der Waals surface area (Å²) >= 11 is 0.645. The van der Waals surface area contributed by atoms with Crippen molar-refractivity contribution in [2.45, 2.75) is 38.5 Å². The molecule has 0 amide bonds. The first-order valence-electron chi connectivity index (χ1n) is 4.63. The zero-order chi connectivity index (χ0) is 11.5. The largest absolute Gasteiger partial charge is 0.443 e. The maximum atomic E-state index is 12.2. The number of hydrogen-bond acceptors (Lipinski definition) is 3. The van der Waals surface area contributed by atoms with Gasteiger partial charge in [-0.2, -0.15) is 13.2 Å². The highest BCUT2D eigenvalue weighted by Crippen LogP contribution is 2.32. The molecule has 1 aromatic heterocycles. The molecule has 0 radical (unpaired) electrons. The summed E-state index contributed by atoms with van der Waals surface area (Å²) < 4.78 is 36.5.